The van der Waals surface area contributed by atoms with E-state index in [2.05, 4.69) is 5.32 Å². The summed E-state index contributed by atoms with van der Waals surface area (Å²) in [5.41, 5.74) is 0.982. The highest BCUT2D eigenvalue weighted by atomic mass is 16.5. The van der Waals surface area contributed by atoms with Crippen molar-refractivity contribution in [1.82, 2.24) is 10.2 Å². The first-order chi connectivity index (χ1) is 11.4. The molecule has 0 saturated heterocycles. The van der Waals surface area contributed by atoms with Crippen molar-refractivity contribution in [1.29, 1.82) is 0 Å². The lowest BCUT2D eigenvalue weighted by atomic mass is 10.1. The van der Waals surface area contributed by atoms with Crippen LogP contribution in [0, 0.1) is 0 Å². The van der Waals surface area contributed by atoms with Crippen molar-refractivity contribution in [3.05, 3.63) is 29.8 Å². The van der Waals surface area contributed by atoms with Gasteiger partial charge >= 0.3 is 0 Å². The molecule has 1 N–H and O–H groups in total. The summed E-state index contributed by atoms with van der Waals surface area (Å²) in [4.78, 5) is 26.8. The zero-order valence-corrected chi connectivity index (χ0v) is 15.5. The first-order valence-electron chi connectivity index (χ1n) is 8.65. The van der Waals surface area contributed by atoms with Gasteiger partial charge in [-0.15, -0.1) is 0 Å². The minimum atomic E-state index is -0.450. The van der Waals surface area contributed by atoms with Crippen molar-refractivity contribution < 1.29 is 14.3 Å². The third kappa shape index (κ3) is 5.87. The Balaban J connectivity index is 2.99. The molecule has 1 aromatic carbocycles. The van der Waals surface area contributed by atoms with Crippen molar-refractivity contribution in [3.8, 4) is 5.75 Å². The Morgan fingerprint density at radius 1 is 1.17 bits per heavy atom. The number of rotatable bonds is 9. The van der Waals surface area contributed by atoms with Gasteiger partial charge in [0.2, 0.25) is 11.8 Å². The van der Waals surface area contributed by atoms with E-state index in [1.165, 1.54) is 0 Å². The third-order valence-electron chi connectivity index (χ3n) is 3.79. The van der Waals surface area contributed by atoms with E-state index in [4.69, 9.17) is 4.74 Å². The molecule has 5 nitrogen and oxygen atoms in total. The molecule has 0 heterocycles. The number of nitrogens with zero attached hydrogens (tertiary/aromatic N) is 1. The monoisotopic (exact) mass is 334 g/mol. The Bertz CT molecular complexity index is 526. The van der Waals surface area contributed by atoms with Crippen LogP contribution < -0.4 is 10.1 Å². The van der Waals surface area contributed by atoms with Gasteiger partial charge in [-0.3, -0.25) is 9.59 Å². The molecule has 0 aromatic heterocycles. The summed E-state index contributed by atoms with van der Waals surface area (Å²) in [5.74, 6) is 0.694. The summed E-state index contributed by atoms with van der Waals surface area (Å²) in [6, 6.07) is 7.19. The lowest BCUT2D eigenvalue weighted by molar-refractivity contribution is -0.141. The average Bonchev–Trinajstić information content (AvgIpc) is 2.54. The minimum Gasteiger partial charge on any atom is -0.497 e. The summed E-state index contributed by atoms with van der Waals surface area (Å²) in [7, 11) is 1.62. The van der Waals surface area contributed by atoms with Crippen molar-refractivity contribution in [3.63, 3.8) is 0 Å². The summed E-state index contributed by atoms with van der Waals surface area (Å²) >= 11 is 0. The molecule has 0 radical (unpaired) electrons. The minimum absolute atomic E-state index is 0.0130. The van der Waals surface area contributed by atoms with Crippen LogP contribution >= 0.6 is 0 Å². The molecule has 0 aliphatic heterocycles. The van der Waals surface area contributed by atoms with Crippen molar-refractivity contribution in [2.45, 2.75) is 65.6 Å². The predicted molar refractivity (Wildman–Crippen MR) is 95.8 cm³/mol. The van der Waals surface area contributed by atoms with Gasteiger partial charge in [-0.05, 0) is 44.4 Å². The van der Waals surface area contributed by atoms with Gasteiger partial charge in [0.25, 0.3) is 0 Å². The van der Waals surface area contributed by atoms with Crippen molar-refractivity contribution in [2.24, 2.45) is 0 Å². The first kappa shape index (κ1) is 20.0. The Hall–Kier alpha value is -2.04. The molecule has 0 aliphatic rings. The smallest absolute Gasteiger partial charge is 0.243 e. The second kappa shape index (κ2) is 9.96. The zero-order chi connectivity index (χ0) is 18.1. The number of hydrogen-bond acceptors (Lipinski definition) is 3. The molecule has 0 aliphatic carbocycles. The average molecular weight is 334 g/mol. The Kier molecular flexibility index (Phi) is 8.30. The van der Waals surface area contributed by atoms with Crippen LogP contribution in [0.4, 0.5) is 0 Å². The fourth-order valence-electron chi connectivity index (χ4n) is 2.59. The molecular formula is C19H30N2O3. The van der Waals surface area contributed by atoms with Crippen LogP contribution in [-0.4, -0.2) is 35.9 Å². The lowest BCUT2D eigenvalue weighted by Gasteiger charge is -2.31. The molecule has 0 unspecified atom stereocenters. The molecule has 0 fully saturated rings. The predicted octanol–water partition coefficient (Wildman–Crippen LogP) is 3.13. The third-order valence-corrected chi connectivity index (χ3v) is 3.79. The molecule has 1 atom stereocenters. The maximum Gasteiger partial charge on any atom is 0.243 e. The maximum absolute atomic E-state index is 12.6. The Morgan fingerprint density at radius 3 is 2.25 bits per heavy atom. The van der Waals surface area contributed by atoms with Gasteiger partial charge in [0, 0.05) is 19.0 Å². The summed E-state index contributed by atoms with van der Waals surface area (Å²) in [6.07, 6.45) is 1.80. The largest absolute Gasteiger partial charge is 0.497 e. The standard InChI is InChI=1S/C19H30N2O3/c1-6-8-18(22)21(17(7-2)19(23)20-14(3)4)13-15-9-11-16(24-5)12-10-15/h9-12,14,17H,6-8,13H2,1-5H3,(H,20,23)/t17-/m0/s1. The highest BCUT2D eigenvalue weighted by molar-refractivity contribution is 5.87. The van der Waals surface area contributed by atoms with Crippen LogP contribution in [0.2, 0.25) is 0 Å². The molecule has 0 saturated carbocycles. The fourth-order valence-corrected chi connectivity index (χ4v) is 2.59. The Labute approximate surface area is 145 Å². The number of ether oxygens (including phenoxy) is 1. The highest BCUT2D eigenvalue weighted by Crippen LogP contribution is 2.17. The molecule has 24 heavy (non-hydrogen) atoms. The van der Waals surface area contributed by atoms with E-state index >= 15 is 0 Å². The van der Waals surface area contributed by atoms with Crippen LogP contribution in [0.25, 0.3) is 0 Å². The van der Waals surface area contributed by atoms with Crippen molar-refractivity contribution in [2.75, 3.05) is 7.11 Å². The van der Waals surface area contributed by atoms with E-state index in [0.717, 1.165) is 17.7 Å². The first-order valence-corrected chi connectivity index (χ1v) is 8.65. The normalized spacial score (nSPS) is 11.9. The van der Waals surface area contributed by atoms with E-state index in [1.54, 1.807) is 12.0 Å². The molecule has 1 aromatic rings. The van der Waals surface area contributed by atoms with Gasteiger partial charge in [-0.1, -0.05) is 26.0 Å². The van der Waals surface area contributed by atoms with Crippen LogP contribution in [0.5, 0.6) is 5.75 Å². The van der Waals surface area contributed by atoms with Gasteiger partial charge in [-0.25, -0.2) is 0 Å². The van der Waals surface area contributed by atoms with Crippen molar-refractivity contribution >= 4 is 11.8 Å². The van der Waals surface area contributed by atoms with Crippen LogP contribution in [0.3, 0.4) is 0 Å². The zero-order valence-electron chi connectivity index (χ0n) is 15.5. The fraction of sp³-hybridized carbons (Fsp3) is 0.579. The van der Waals surface area contributed by atoms with Gasteiger partial charge < -0.3 is 15.0 Å². The number of nitrogens with one attached hydrogen (secondary N) is 1. The second-order valence-electron chi connectivity index (χ2n) is 6.21. The van der Waals surface area contributed by atoms with Gasteiger partial charge in [0.15, 0.2) is 0 Å². The summed E-state index contributed by atoms with van der Waals surface area (Å²) < 4.78 is 5.17. The number of methoxy groups -OCH3 is 1. The molecule has 1 rings (SSSR count). The van der Waals surface area contributed by atoms with E-state index < -0.39 is 6.04 Å². The van der Waals surface area contributed by atoms with Crippen LogP contribution in [0.15, 0.2) is 24.3 Å². The molecule has 134 valence electrons. The SMILES string of the molecule is CCCC(=O)N(Cc1ccc(OC)cc1)[C@@H](CC)C(=O)NC(C)C. The number of hydrogen-bond donors (Lipinski definition) is 1. The van der Waals surface area contributed by atoms with E-state index in [9.17, 15) is 9.59 Å². The maximum atomic E-state index is 12.6. The summed E-state index contributed by atoms with van der Waals surface area (Å²) in [5, 5.41) is 2.92. The number of carbonyl (C=O) groups is 2. The van der Waals surface area contributed by atoms with Gasteiger partial charge in [-0.2, -0.15) is 0 Å². The lowest BCUT2D eigenvalue weighted by Crippen LogP contribution is -2.50. The number of carbonyl (C=O) groups excluding carboxylic acids is 2. The molecule has 2 amide bonds. The topological polar surface area (TPSA) is 58.6 Å². The van der Waals surface area contributed by atoms with Gasteiger partial charge in [0.1, 0.15) is 11.8 Å². The molecule has 5 heteroatoms. The van der Waals surface area contributed by atoms with Gasteiger partial charge in [0.05, 0.1) is 7.11 Å². The number of amides is 2. The van der Waals surface area contributed by atoms with E-state index in [0.29, 0.717) is 19.4 Å². The highest BCUT2D eigenvalue weighted by Gasteiger charge is 2.28. The molecule has 0 spiro atoms. The van der Waals surface area contributed by atoms with E-state index in [1.807, 2.05) is 52.0 Å². The number of benzene rings is 1. The van der Waals surface area contributed by atoms with E-state index in [-0.39, 0.29) is 17.9 Å². The second-order valence-corrected chi connectivity index (χ2v) is 6.21. The van der Waals surface area contributed by atoms with Crippen LogP contribution in [-0.2, 0) is 16.1 Å². The quantitative estimate of drug-likeness (QED) is 0.755. The molecular weight excluding hydrogens is 304 g/mol. The Morgan fingerprint density at radius 2 is 1.79 bits per heavy atom. The summed E-state index contributed by atoms with van der Waals surface area (Å²) in [6.45, 7) is 8.18. The van der Waals surface area contributed by atoms with Crippen LogP contribution in [0.1, 0.15) is 52.5 Å². The molecule has 0 bridgehead atoms.